The van der Waals surface area contributed by atoms with E-state index in [-0.39, 0.29) is 5.91 Å². The van der Waals surface area contributed by atoms with Gasteiger partial charge in [0.1, 0.15) is 0 Å². The molecule has 28 heavy (non-hydrogen) atoms. The van der Waals surface area contributed by atoms with E-state index in [1.807, 2.05) is 36.5 Å². The van der Waals surface area contributed by atoms with E-state index >= 15 is 0 Å². The van der Waals surface area contributed by atoms with Crippen molar-refractivity contribution < 1.29 is 14.3 Å². The molecule has 0 spiro atoms. The Kier molecular flexibility index (Phi) is 6.92. The molecule has 0 saturated carbocycles. The second-order valence-electron chi connectivity index (χ2n) is 6.58. The number of aromatic amines is 1. The molecule has 0 unspecified atom stereocenters. The van der Waals surface area contributed by atoms with Gasteiger partial charge in [0.2, 0.25) is 5.91 Å². The summed E-state index contributed by atoms with van der Waals surface area (Å²) in [6, 6.07) is 14.1. The molecule has 1 amide bonds. The number of para-hydroxylation sites is 1. The molecule has 0 aliphatic rings. The number of fused-ring (bicyclic) bond motifs is 1. The fourth-order valence-electron chi connectivity index (χ4n) is 3.21. The summed E-state index contributed by atoms with van der Waals surface area (Å²) in [7, 11) is 3.25. The van der Waals surface area contributed by atoms with Gasteiger partial charge in [-0.25, -0.2) is 0 Å². The number of aromatic nitrogens is 1. The van der Waals surface area contributed by atoms with Crippen LogP contribution in [0.4, 0.5) is 0 Å². The molecule has 0 fully saturated rings. The van der Waals surface area contributed by atoms with Crippen molar-refractivity contribution in [2.24, 2.45) is 0 Å². The van der Waals surface area contributed by atoms with Gasteiger partial charge in [0, 0.05) is 23.6 Å². The lowest BCUT2D eigenvalue weighted by Gasteiger charge is -2.10. The first-order valence-corrected chi connectivity index (χ1v) is 9.44. The Morgan fingerprint density at radius 2 is 1.82 bits per heavy atom. The van der Waals surface area contributed by atoms with Crippen LogP contribution in [0.1, 0.15) is 11.1 Å². The first kappa shape index (κ1) is 19.8. The number of carbonyl (C=O) groups excluding carboxylic acids is 1. The number of H-pyrrole nitrogens is 1. The van der Waals surface area contributed by atoms with Gasteiger partial charge in [-0.1, -0.05) is 24.3 Å². The Labute approximate surface area is 165 Å². The number of hydrogen-bond acceptors (Lipinski definition) is 4. The summed E-state index contributed by atoms with van der Waals surface area (Å²) in [5.74, 6) is 1.44. The predicted molar refractivity (Wildman–Crippen MR) is 111 cm³/mol. The zero-order valence-electron chi connectivity index (χ0n) is 16.4. The van der Waals surface area contributed by atoms with Crippen LogP contribution in [0.5, 0.6) is 11.5 Å². The lowest BCUT2D eigenvalue weighted by Crippen LogP contribution is -2.35. The second kappa shape index (κ2) is 9.80. The molecule has 0 radical (unpaired) electrons. The topological polar surface area (TPSA) is 75.4 Å². The molecular formula is C22H27N3O3. The molecule has 0 atom stereocenters. The van der Waals surface area contributed by atoms with Crippen LogP contribution < -0.4 is 20.1 Å². The van der Waals surface area contributed by atoms with Gasteiger partial charge >= 0.3 is 0 Å². The quantitative estimate of drug-likeness (QED) is 0.472. The molecule has 148 valence electrons. The Balaban J connectivity index is 1.36. The standard InChI is InChI=1S/C22H27N3O3/c1-27-20-8-7-16(13-21(20)28-2)9-11-23-15-22(26)24-12-10-17-14-25-19-6-4-3-5-18(17)19/h3-8,13-14,23,25H,9-12,15H2,1-2H3,(H,24,26). The molecule has 3 N–H and O–H groups in total. The van der Waals surface area contributed by atoms with Crippen molar-refractivity contribution in [3.8, 4) is 11.5 Å². The van der Waals surface area contributed by atoms with Gasteiger partial charge in [-0.3, -0.25) is 4.79 Å². The van der Waals surface area contributed by atoms with Crippen LogP contribution in [0.2, 0.25) is 0 Å². The van der Waals surface area contributed by atoms with Gasteiger partial charge in [0.15, 0.2) is 11.5 Å². The third-order valence-corrected chi connectivity index (χ3v) is 4.72. The zero-order valence-corrected chi connectivity index (χ0v) is 16.4. The van der Waals surface area contributed by atoms with Crippen molar-refractivity contribution in [1.29, 1.82) is 0 Å². The maximum Gasteiger partial charge on any atom is 0.233 e. The minimum absolute atomic E-state index is 0.00662. The number of ether oxygens (including phenoxy) is 2. The Hall–Kier alpha value is -2.99. The van der Waals surface area contributed by atoms with Crippen molar-refractivity contribution in [2.75, 3.05) is 33.9 Å². The molecule has 0 aliphatic carbocycles. The SMILES string of the molecule is COc1ccc(CCNCC(=O)NCCc2c[nH]c3ccccc23)cc1OC. The molecule has 6 heteroatoms. The van der Waals surface area contributed by atoms with E-state index in [2.05, 4.69) is 27.8 Å². The Morgan fingerprint density at radius 1 is 1.00 bits per heavy atom. The number of amides is 1. The van der Waals surface area contributed by atoms with Crippen LogP contribution in [0.15, 0.2) is 48.7 Å². The number of hydrogen-bond donors (Lipinski definition) is 3. The van der Waals surface area contributed by atoms with E-state index in [9.17, 15) is 4.79 Å². The summed E-state index contributed by atoms with van der Waals surface area (Å²) < 4.78 is 10.6. The number of rotatable bonds is 10. The molecule has 6 nitrogen and oxygen atoms in total. The maximum atomic E-state index is 12.0. The normalized spacial score (nSPS) is 10.8. The van der Waals surface area contributed by atoms with Gasteiger partial charge < -0.3 is 25.1 Å². The highest BCUT2D eigenvalue weighted by atomic mass is 16.5. The Morgan fingerprint density at radius 3 is 2.64 bits per heavy atom. The van der Waals surface area contributed by atoms with E-state index in [1.54, 1.807) is 14.2 Å². The Bertz CT molecular complexity index is 920. The van der Waals surface area contributed by atoms with Crippen LogP contribution in [-0.4, -0.2) is 44.7 Å². The first-order chi connectivity index (χ1) is 13.7. The fourth-order valence-corrected chi connectivity index (χ4v) is 3.21. The van der Waals surface area contributed by atoms with Crippen LogP contribution in [0.3, 0.4) is 0 Å². The molecular weight excluding hydrogens is 354 g/mol. The highest BCUT2D eigenvalue weighted by Crippen LogP contribution is 2.27. The minimum Gasteiger partial charge on any atom is -0.493 e. The third-order valence-electron chi connectivity index (χ3n) is 4.72. The highest BCUT2D eigenvalue weighted by molar-refractivity contribution is 5.83. The van der Waals surface area contributed by atoms with E-state index in [0.717, 1.165) is 29.7 Å². The van der Waals surface area contributed by atoms with E-state index in [0.29, 0.717) is 25.4 Å². The fraction of sp³-hybridized carbons (Fsp3) is 0.318. The van der Waals surface area contributed by atoms with Crippen LogP contribution >= 0.6 is 0 Å². The van der Waals surface area contributed by atoms with Gasteiger partial charge in [-0.05, 0) is 48.7 Å². The molecule has 0 aliphatic heterocycles. The zero-order chi connectivity index (χ0) is 19.8. The second-order valence-corrected chi connectivity index (χ2v) is 6.58. The average molecular weight is 381 g/mol. The van der Waals surface area contributed by atoms with Gasteiger partial charge in [0.05, 0.1) is 20.8 Å². The van der Waals surface area contributed by atoms with E-state index in [1.165, 1.54) is 10.9 Å². The summed E-state index contributed by atoms with van der Waals surface area (Å²) in [5, 5.41) is 7.36. The van der Waals surface area contributed by atoms with Crippen LogP contribution in [-0.2, 0) is 17.6 Å². The van der Waals surface area contributed by atoms with Gasteiger partial charge in [0.25, 0.3) is 0 Å². The summed E-state index contributed by atoms with van der Waals surface area (Å²) >= 11 is 0. The third kappa shape index (κ3) is 5.04. The van der Waals surface area contributed by atoms with E-state index < -0.39 is 0 Å². The van der Waals surface area contributed by atoms with Gasteiger partial charge in [-0.2, -0.15) is 0 Å². The van der Waals surface area contributed by atoms with Crippen LogP contribution in [0, 0.1) is 0 Å². The monoisotopic (exact) mass is 381 g/mol. The number of methoxy groups -OCH3 is 2. The number of benzene rings is 2. The predicted octanol–water partition coefficient (Wildman–Crippen LogP) is 2.68. The summed E-state index contributed by atoms with van der Waals surface area (Å²) in [4.78, 5) is 15.3. The summed E-state index contributed by atoms with van der Waals surface area (Å²) in [5.41, 5.74) is 3.47. The number of carbonyl (C=O) groups is 1. The molecule has 3 aromatic rings. The summed E-state index contributed by atoms with van der Waals surface area (Å²) in [6.07, 6.45) is 3.63. The van der Waals surface area contributed by atoms with Crippen molar-refractivity contribution in [3.63, 3.8) is 0 Å². The molecule has 3 rings (SSSR count). The molecule has 1 aromatic heterocycles. The number of nitrogens with one attached hydrogen (secondary N) is 3. The molecule has 0 bridgehead atoms. The first-order valence-electron chi connectivity index (χ1n) is 9.44. The largest absolute Gasteiger partial charge is 0.493 e. The highest BCUT2D eigenvalue weighted by Gasteiger charge is 2.06. The summed E-state index contributed by atoms with van der Waals surface area (Å²) in [6.45, 7) is 1.64. The minimum atomic E-state index is 0.00662. The van der Waals surface area contributed by atoms with Crippen LogP contribution in [0.25, 0.3) is 10.9 Å². The van der Waals surface area contributed by atoms with Crippen molar-refractivity contribution in [3.05, 3.63) is 59.8 Å². The maximum absolute atomic E-state index is 12.0. The smallest absolute Gasteiger partial charge is 0.233 e. The molecule has 1 heterocycles. The van der Waals surface area contributed by atoms with Crippen molar-refractivity contribution in [2.45, 2.75) is 12.8 Å². The van der Waals surface area contributed by atoms with E-state index in [4.69, 9.17) is 9.47 Å². The lowest BCUT2D eigenvalue weighted by atomic mass is 10.1. The average Bonchev–Trinajstić information content (AvgIpc) is 3.14. The van der Waals surface area contributed by atoms with Crippen molar-refractivity contribution >= 4 is 16.8 Å². The molecule has 2 aromatic carbocycles. The van der Waals surface area contributed by atoms with Gasteiger partial charge in [-0.15, -0.1) is 0 Å². The van der Waals surface area contributed by atoms with Crippen molar-refractivity contribution in [1.82, 2.24) is 15.6 Å². The lowest BCUT2D eigenvalue weighted by molar-refractivity contribution is -0.120. The molecule has 0 saturated heterocycles.